The van der Waals surface area contributed by atoms with Gasteiger partial charge in [-0.2, -0.15) is 0 Å². The number of urea groups is 1. The first-order valence-electron chi connectivity index (χ1n) is 8.49. The first-order chi connectivity index (χ1) is 12.3. The first kappa shape index (κ1) is 19.8. The zero-order valence-electron chi connectivity index (χ0n) is 15.3. The highest BCUT2D eigenvalue weighted by molar-refractivity contribution is 7.92. The van der Waals surface area contributed by atoms with Crippen molar-refractivity contribution in [1.82, 2.24) is 5.32 Å². The second kappa shape index (κ2) is 8.71. The topological polar surface area (TPSA) is 78.5 Å². The molecule has 0 bridgehead atoms. The van der Waals surface area contributed by atoms with E-state index < -0.39 is 10.0 Å². The lowest BCUT2D eigenvalue weighted by Gasteiger charge is -2.26. The monoisotopic (exact) mass is 375 g/mol. The Morgan fingerprint density at radius 3 is 2.38 bits per heavy atom. The van der Waals surface area contributed by atoms with Crippen LogP contribution >= 0.6 is 0 Å². The van der Waals surface area contributed by atoms with E-state index in [0.717, 1.165) is 17.5 Å². The Hall–Kier alpha value is -2.54. The molecule has 2 rings (SSSR count). The average molecular weight is 375 g/mol. The molecule has 26 heavy (non-hydrogen) atoms. The van der Waals surface area contributed by atoms with Crippen LogP contribution in [0, 0.1) is 6.92 Å². The van der Waals surface area contributed by atoms with E-state index in [4.69, 9.17) is 0 Å². The summed E-state index contributed by atoms with van der Waals surface area (Å²) in [6.45, 7) is 4.24. The molecule has 0 aliphatic carbocycles. The van der Waals surface area contributed by atoms with Gasteiger partial charge >= 0.3 is 6.03 Å². The van der Waals surface area contributed by atoms with Gasteiger partial charge in [0.15, 0.2) is 0 Å². The molecule has 0 heterocycles. The number of carbonyl (C=O) groups is 1. The highest BCUT2D eigenvalue weighted by Gasteiger charge is 2.21. The minimum Gasteiger partial charge on any atom is -0.336 e. The van der Waals surface area contributed by atoms with Crippen molar-refractivity contribution in [2.75, 3.05) is 29.0 Å². The Morgan fingerprint density at radius 1 is 1.08 bits per heavy atom. The number of carbonyl (C=O) groups excluding carboxylic acids is 1. The minimum atomic E-state index is -3.47. The van der Waals surface area contributed by atoms with Gasteiger partial charge in [0.1, 0.15) is 0 Å². The third-order valence-corrected chi connectivity index (χ3v) is 5.15. The highest BCUT2D eigenvalue weighted by atomic mass is 32.2. The number of hydrogen-bond donors (Lipinski definition) is 2. The molecular formula is C19H25N3O3S. The SMILES string of the molecule is CCc1cccc(C)c1N(CCNC(=O)Nc1ccccc1)S(C)(=O)=O. The zero-order valence-corrected chi connectivity index (χ0v) is 16.1. The van der Waals surface area contributed by atoms with Crippen molar-refractivity contribution in [3.8, 4) is 0 Å². The molecule has 6 nitrogen and oxygen atoms in total. The van der Waals surface area contributed by atoms with Crippen LogP contribution in [0.5, 0.6) is 0 Å². The van der Waals surface area contributed by atoms with Crippen LogP contribution in [-0.4, -0.2) is 33.8 Å². The summed E-state index contributed by atoms with van der Waals surface area (Å²) < 4.78 is 26.0. The number of nitrogens with zero attached hydrogens (tertiary/aromatic N) is 1. The molecule has 0 radical (unpaired) electrons. The van der Waals surface area contributed by atoms with Gasteiger partial charge in [-0.05, 0) is 36.6 Å². The van der Waals surface area contributed by atoms with E-state index in [0.29, 0.717) is 11.4 Å². The third-order valence-electron chi connectivity index (χ3n) is 3.98. The summed E-state index contributed by atoms with van der Waals surface area (Å²) in [6, 6.07) is 14.4. The lowest BCUT2D eigenvalue weighted by molar-refractivity contribution is 0.252. The second-order valence-corrected chi connectivity index (χ2v) is 7.93. The lowest BCUT2D eigenvalue weighted by Crippen LogP contribution is -2.40. The Bertz CT molecular complexity index is 852. The van der Waals surface area contributed by atoms with Gasteiger partial charge < -0.3 is 10.6 Å². The van der Waals surface area contributed by atoms with Gasteiger partial charge in [-0.25, -0.2) is 13.2 Å². The van der Waals surface area contributed by atoms with Gasteiger partial charge in [0, 0.05) is 12.2 Å². The van der Waals surface area contributed by atoms with Gasteiger partial charge in [-0.15, -0.1) is 0 Å². The van der Waals surface area contributed by atoms with Crippen LogP contribution in [0.25, 0.3) is 0 Å². The molecule has 0 aliphatic rings. The molecule has 0 atom stereocenters. The predicted octanol–water partition coefficient (Wildman–Crippen LogP) is 3.15. The lowest BCUT2D eigenvalue weighted by atomic mass is 10.1. The van der Waals surface area contributed by atoms with Crippen molar-refractivity contribution in [1.29, 1.82) is 0 Å². The number of hydrogen-bond acceptors (Lipinski definition) is 3. The average Bonchev–Trinajstić information content (AvgIpc) is 2.59. The summed E-state index contributed by atoms with van der Waals surface area (Å²) in [5.41, 5.74) is 3.23. The summed E-state index contributed by atoms with van der Waals surface area (Å²) >= 11 is 0. The molecule has 0 saturated heterocycles. The fourth-order valence-corrected chi connectivity index (χ4v) is 3.79. The molecule has 7 heteroatoms. The Balaban J connectivity index is 2.07. The molecule has 140 valence electrons. The molecule has 2 aromatic rings. The number of anilines is 2. The molecule has 2 aromatic carbocycles. The van der Waals surface area contributed by atoms with Crippen molar-refractivity contribution in [3.05, 3.63) is 59.7 Å². The molecule has 0 fully saturated rings. The number of aryl methyl sites for hydroxylation is 2. The van der Waals surface area contributed by atoms with Crippen LogP contribution in [0.4, 0.5) is 16.2 Å². The molecule has 2 amide bonds. The van der Waals surface area contributed by atoms with E-state index in [-0.39, 0.29) is 19.1 Å². The van der Waals surface area contributed by atoms with Crippen LogP contribution < -0.4 is 14.9 Å². The van der Waals surface area contributed by atoms with E-state index in [1.54, 1.807) is 12.1 Å². The molecule has 0 aliphatic heterocycles. The molecule has 0 saturated carbocycles. The van der Waals surface area contributed by atoms with E-state index in [1.807, 2.05) is 50.2 Å². The van der Waals surface area contributed by atoms with E-state index >= 15 is 0 Å². The summed E-state index contributed by atoms with van der Waals surface area (Å²) in [4.78, 5) is 12.0. The van der Waals surface area contributed by atoms with Crippen molar-refractivity contribution in [2.45, 2.75) is 20.3 Å². The Labute approximate surface area is 155 Å². The van der Waals surface area contributed by atoms with Gasteiger partial charge in [-0.1, -0.05) is 43.3 Å². The van der Waals surface area contributed by atoms with Gasteiger partial charge in [0.2, 0.25) is 10.0 Å². The quantitative estimate of drug-likeness (QED) is 0.780. The van der Waals surface area contributed by atoms with Crippen molar-refractivity contribution in [3.63, 3.8) is 0 Å². The standard InChI is InChI=1S/C19H25N3O3S/c1-4-16-10-8-9-15(2)18(16)22(26(3,24)25)14-13-20-19(23)21-17-11-6-5-7-12-17/h5-12H,4,13-14H2,1-3H3,(H2,20,21,23). The number of para-hydroxylation sites is 2. The van der Waals surface area contributed by atoms with Crippen LogP contribution in [0.15, 0.2) is 48.5 Å². The fraction of sp³-hybridized carbons (Fsp3) is 0.316. The van der Waals surface area contributed by atoms with Gasteiger partial charge in [0.05, 0.1) is 18.5 Å². The Morgan fingerprint density at radius 2 is 1.77 bits per heavy atom. The molecule has 2 N–H and O–H groups in total. The number of sulfonamides is 1. The molecule has 0 unspecified atom stereocenters. The van der Waals surface area contributed by atoms with Crippen LogP contribution in [0.2, 0.25) is 0 Å². The maximum atomic E-state index is 12.3. The molecule has 0 spiro atoms. The van der Waals surface area contributed by atoms with Crippen LogP contribution in [0.1, 0.15) is 18.1 Å². The smallest absolute Gasteiger partial charge is 0.319 e. The summed E-state index contributed by atoms with van der Waals surface area (Å²) in [6.07, 6.45) is 1.91. The number of benzene rings is 2. The fourth-order valence-electron chi connectivity index (χ4n) is 2.77. The van der Waals surface area contributed by atoms with Crippen molar-refractivity contribution >= 4 is 27.4 Å². The van der Waals surface area contributed by atoms with Crippen molar-refractivity contribution < 1.29 is 13.2 Å². The predicted molar refractivity (Wildman–Crippen MR) is 106 cm³/mol. The first-order valence-corrected chi connectivity index (χ1v) is 10.3. The summed E-state index contributed by atoms with van der Waals surface area (Å²) in [5, 5.41) is 5.41. The number of amides is 2. The second-order valence-electron chi connectivity index (χ2n) is 6.02. The number of nitrogens with one attached hydrogen (secondary N) is 2. The Kier molecular flexibility index (Phi) is 6.63. The normalized spacial score (nSPS) is 11.0. The van der Waals surface area contributed by atoms with E-state index in [9.17, 15) is 13.2 Å². The minimum absolute atomic E-state index is 0.166. The number of rotatable bonds is 7. The van der Waals surface area contributed by atoms with Gasteiger partial charge in [-0.3, -0.25) is 4.31 Å². The maximum absolute atomic E-state index is 12.3. The molecular weight excluding hydrogens is 350 g/mol. The summed E-state index contributed by atoms with van der Waals surface area (Å²) in [7, 11) is -3.47. The third kappa shape index (κ3) is 5.23. The molecule has 0 aromatic heterocycles. The van der Waals surface area contributed by atoms with Gasteiger partial charge in [0.25, 0.3) is 0 Å². The summed E-state index contributed by atoms with van der Waals surface area (Å²) in [5.74, 6) is 0. The maximum Gasteiger partial charge on any atom is 0.319 e. The van der Waals surface area contributed by atoms with Crippen molar-refractivity contribution in [2.24, 2.45) is 0 Å². The van der Waals surface area contributed by atoms with E-state index in [1.165, 1.54) is 10.6 Å². The highest BCUT2D eigenvalue weighted by Crippen LogP contribution is 2.27. The largest absolute Gasteiger partial charge is 0.336 e. The van der Waals surface area contributed by atoms with Crippen LogP contribution in [-0.2, 0) is 16.4 Å². The van der Waals surface area contributed by atoms with Crippen LogP contribution in [0.3, 0.4) is 0 Å². The van der Waals surface area contributed by atoms with E-state index in [2.05, 4.69) is 10.6 Å². The zero-order chi connectivity index (χ0) is 19.2.